The monoisotopic (exact) mass is 314 g/mol. The molecule has 7 heteroatoms. The molecule has 0 atom stereocenters. The number of hydrogen-bond acceptors (Lipinski definition) is 4. The zero-order valence-electron chi connectivity index (χ0n) is 9.73. The summed E-state index contributed by atoms with van der Waals surface area (Å²) in [6.45, 7) is 0.0869. The number of carbonyl (C=O) groups excluding carboxylic acids is 2. The number of rotatable bonds is 6. The first-order valence-corrected chi connectivity index (χ1v) is 6.04. The summed E-state index contributed by atoms with van der Waals surface area (Å²) in [6.07, 6.45) is 0. The highest BCUT2D eigenvalue weighted by atomic mass is 79.9. The van der Waals surface area contributed by atoms with Crippen molar-refractivity contribution in [2.45, 2.75) is 6.54 Å². The van der Waals surface area contributed by atoms with Crippen molar-refractivity contribution in [3.63, 3.8) is 0 Å². The average molecular weight is 315 g/mol. The van der Waals surface area contributed by atoms with Gasteiger partial charge >= 0.3 is 0 Å². The van der Waals surface area contributed by atoms with Crippen molar-refractivity contribution in [1.82, 2.24) is 0 Å². The van der Waals surface area contributed by atoms with Gasteiger partial charge in [-0.3, -0.25) is 9.59 Å². The van der Waals surface area contributed by atoms with Gasteiger partial charge in [0.15, 0.2) is 0 Å². The fourth-order valence-electron chi connectivity index (χ4n) is 1.65. The predicted octanol–water partition coefficient (Wildman–Crippen LogP) is -0.315. The van der Waals surface area contributed by atoms with Crippen molar-refractivity contribution in [1.29, 1.82) is 0 Å². The number of nitrogens with zero attached hydrogens (tertiary/aromatic N) is 1. The van der Waals surface area contributed by atoms with Gasteiger partial charge in [0.2, 0.25) is 11.8 Å². The Morgan fingerprint density at radius 3 is 2.17 bits per heavy atom. The van der Waals surface area contributed by atoms with Crippen molar-refractivity contribution in [2.24, 2.45) is 17.2 Å². The summed E-state index contributed by atoms with van der Waals surface area (Å²) in [6, 6.07) is 5.38. The molecule has 0 aliphatic heterocycles. The molecule has 18 heavy (non-hydrogen) atoms. The number of amides is 2. The number of carbonyl (C=O) groups is 2. The number of anilines is 1. The molecule has 1 rings (SSSR count). The highest BCUT2D eigenvalue weighted by Gasteiger charge is 2.16. The number of hydrogen-bond donors (Lipinski definition) is 3. The van der Waals surface area contributed by atoms with Crippen LogP contribution in [-0.2, 0) is 16.1 Å². The number of halogens is 1. The van der Waals surface area contributed by atoms with E-state index in [-0.39, 0.29) is 19.6 Å². The Bertz CT molecular complexity index is 448. The normalized spacial score (nSPS) is 10.1. The minimum atomic E-state index is -0.542. The fourth-order valence-corrected chi connectivity index (χ4v) is 2.17. The van der Waals surface area contributed by atoms with Gasteiger partial charge in [-0.25, -0.2) is 0 Å². The second kappa shape index (κ2) is 6.36. The number of primary amides is 2. The Morgan fingerprint density at radius 1 is 1.17 bits per heavy atom. The zero-order chi connectivity index (χ0) is 13.7. The number of benzene rings is 1. The SMILES string of the molecule is NCc1c(Br)cccc1N(CC(N)=O)CC(N)=O. The van der Waals surface area contributed by atoms with E-state index in [4.69, 9.17) is 17.2 Å². The number of nitrogens with two attached hydrogens (primary N) is 3. The molecule has 0 saturated heterocycles. The maximum Gasteiger partial charge on any atom is 0.236 e. The lowest BCUT2D eigenvalue weighted by Gasteiger charge is -2.24. The molecule has 6 N–H and O–H groups in total. The first-order valence-electron chi connectivity index (χ1n) is 5.24. The first kappa shape index (κ1) is 14.5. The third-order valence-corrected chi connectivity index (χ3v) is 3.08. The van der Waals surface area contributed by atoms with Gasteiger partial charge in [-0.05, 0) is 12.1 Å². The van der Waals surface area contributed by atoms with E-state index in [1.165, 1.54) is 4.90 Å². The molecule has 0 heterocycles. The van der Waals surface area contributed by atoms with Crippen LogP contribution in [0.1, 0.15) is 5.56 Å². The smallest absolute Gasteiger partial charge is 0.236 e. The third kappa shape index (κ3) is 3.71. The molecule has 1 aromatic carbocycles. The van der Waals surface area contributed by atoms with E-state index in [1.807, 2.05) is 6.07 Å². The van der Waals surface area contributed by atoms with E-state index >= 15 is 0 Å². The lowest BCUT2D eigenvalue weighted by Crippen LogP contribution is -2.40. The Morgan fingerprint density at radius 2 is 1.72 bits per heavy atom. The van der Waals surface area contributed by atoms with E-state index in [2.05, 4.69) is 15.9 Å². The van der Waals surface area contributed by atoms with Gasteiger partial charge in [0.1, 0.15) is 0 Å². The summed E-state index contributed by atoms with van der Waals surface area (Å²) in [5, 5.41) is 0. The Kier molecular flexibility index (Phi) is 5.11. The summed E-state index contributed by atoms with van der Waals surface area (Å²) in [7, 11) is 0. The molecule has 0 unspecified atom stereocenters. The average Bonchev–Trinajstić information content (AvgIpc) is 2.26. The van der Waals surface area contributed by atoms with Gasteiger partial charge in [0.05, 0.1) is 13.1 Å². The van der Waals surface area contributed by atoms with Crippen LogP contribution in [0.2, 0.25) is 0 Å². The summed E-state index contributed by atoms with van der Waals surface area (Å²) in [5.74, 6) is -1.08. The van der Waals surface area contributed by atoms with Gasteiger partial charge in [0.25, 0.3) is 0 Å². The highest BCUT2D eigenvalue weighted by molar-refractivity contribution is 9.10. The molecule has 0 aromatic heterocycles. The van der Waals surface area contributed by atoms with Gasteiger partial charge in [0, 0.05) is 22.3 Å². The second-order valence-electron chi connectivity index (χ2n) is 3.73. The van der Waals surface area contributed by atoms with Crippen LogP contribution in [0.15, 0.2) is 22.7 Å². The quantitative estimate of drug-likeness (QED) is 0.667. The van der Waals surface area contributed by atoms with Crippen LogP contribution in [0.4, 0.5) is 5.69 Å². The van der Waals surface area contributed by atoms with Crippen LogP contribution in [0, 0.1) is 0 Å². The first-order chi connectivity index (χ1) is 8.45. The summed E-state index contributed by atoms with van der Waals surface area (Å²) in [5.41, 5.74) is 17.4. The van der Waals surface area contributed by atoms with Gasteiger partial charge in [-0.15, -0.1) is 0 Å². The van der Waals surface area contributed by atoms with E-state index in [1.54, 1.807) is 12.1 Å². The minimum Gasteiger partial charge on any atom is -0.368 e. The van der Waals surface area contributed by atoms with Crippen LogP contribution >= 0.6 is 15.9 Å². The molecule has 0 aliphatic rings. The van der Waals surface area contributed by atoms with Crippen molar-refractivity contribution in [3.8, 4) is 0 Å². The van der Waals surface area contributed by atoms with Crippen LogP contribution < -0.4 is 22.1 Å². The van der Waals surface area contributed by atoms with E-state index in [0.29, 0.717) is 5.69 Å². The maximum absolute atomic E-state index is 11.0. The van der Waals surface area contributed by atoms with E-state index in [0.717, 1.165) is 10.0 Å². The summed E-state index contributed by atoms with van der Waals surface area (Å²) in [4.78, 5) is 23.6. The van der Waals surface area contributed by atoms with Crippen LogP contribution in [-0.4, -0.2) is 24.9 Å². The molecule has 0 saturated carbocycles. The Labute approximate surface area is 113 Å². The molecule has 0 radical (unpaired) electrons. The summed E-state index contributed by atoms with van der Waals surface area (Å²) >= 11 is 3.37. The molecule has 0 bridgehead atoms. The Hall–Kier alpha value is -1.60. The second-order valence-corrected chi connectivity index (χ2v) is 4.58. The minimum absolute atomic E-state index is 0.0909. The van der Waals surface area contributed by atoms with Gasteiger partial charge < -0.3 is 22.1 Å². The topological polar surface area (TPSA) is 115 Å². The lowest BCUT2D eigenvalue weighted by molar-refractivity contribution is -0.117. The predicted molar refractivity (Wildman–Crippen MR) is 72.6 cm³/mol. The van der Waals surface area contributed by atoms with Crippen molar-refractivity contribution >= 4 is 33.4 Å². The van der Waals surface area contributed by atoms with Gasteiger partial charge in [-0.2, -0.15) is 0 Å². The van der Waals surface area contributed by atoms with E-state index < -0.39 is 11.8 Å². The van der Waals surface area contributed by atoms with Crippen molar-refractivity contribution in [2.75, 3.05) is 18.0 Å². The van der Waals surface area contributed by atoms with Crippen LogP contribution in [0.25, 0.3) is 0 Å². The van der Waals surface area contributed by atoms with Crippen LogP contribution in [0.5, 0.6) is 0 Å². The maximum atomic E-state index is 11.0. The largest absolute Gasteiger partial charge is 0.368 e. The summed E-state index contributed by atoms with van der Waals surface area (Å²) < 4.78 is 0.807. The molecule has 0 spiro atoms. The molecule has 6 nitrogen and oxygen atoms in total. The molecule has 98 valence electrons. The zero-order valence-corrected chi connectivity index (χ0v) is 11.3. The molecular formula is C11H15BrN4O2. The molecule has 0 aliphatic carbocycles. The van der Waals surface area contributed by atoms with E-state index in [9.17, 15) is 9.59 Å². The van der Waals surface area contributed by atoms with Crippen LogP contribution in [0.3, 0.4) is 0 Å². The Balaban J connectivity index is 3.15. The molecular weight excluding hydrogens is 300 g/mol. The van der Waals surface area contributed by atoms with Crippen molar-refractivity contribution in [3.05, 3.63) is 28.2 Å². The standard InChI is InChI=1S/C11H15BrN4O2/c12-8-2-1-3-9(7(8)4-13)16(5-10(14)17)6-11(15)18/h1-3H,4-6,13H2,(H2,14,17)(H2,15,18). The fraction of sp³-hybridized carbons (Fsp3) is 0.273. The van der Waals surface area contributed by atoms with Gasteiger partial charge in [-0.1, -0.05) is 22.0 Å². The van der Waals surface area contributed by atoms with Crippen molar-refractivity contribution < 1.29 is 9.59 Å². The molecule has 0 fully saturated rings. The lowest BCUT2D eigenvalue weighted by atomic mass is 10.1. The molecule has 1 aromatic rings. The molecule has 2 amide bonds. The third-order valence-electron chi connectivity index (χ3n) is 2.33. The highest BCUT2D eigenvalue weighted by Crippen LogP contribution is 2.27.